The molecule has 1 heterocycles. The first kappa shape index (κ1) is 11.8. The van der Waals surface area contributed by atoms with Gasteiger partial charge in [-0.05, 0) is 18.4 Å². The van der Waals surface area contributed by atoms with Crippen molar-refractivity contribution in [1.29, 1.82) is 5.26 Å². The average Bonchev–Trinajstić information content (AvgIpc) is 2.84. The third-order valence-electron chi connectivity index (χ3n) is 3.04. The van der Waals surface area contributed by atoms with Crippen molar-refractivity contribution in [3.8, 4) is 6.07 Å². The SMILES string of the molecule is N#CC(C(=O)CC1CCCO1)c1ccccc1. The molecule has 0 N–H and O–H groups in total. The normalized spacial score (nSPS) is 20.8. The van der Waals surface area contributed by atoms with Crippen molar-refractivity contribution in [2.75, 3.05) is 6.61 Å². The Hall–Kier alpha value is -1.66. The largest absolute Gasteiger partial charge is 0.378 e. The van der Waals surface area contributed by atoms with Crippen LogP contribution in [0, 0.1) is 11.3 Å². The standard InChI is InChI=1S/C14H15NO2/c15-10-13(11-5-2-1-3-6-11)14(16)9-12-7-4-8-17-12/h1-3,5-6,12-13H,4,7-9H2. The Morgan fingerprint density at radius 1 is 1.47 bits per heavy atom. The first-order valence-electron chi connectivity index (χ1n) is 5.90. The van der Waals surface area contributed by atoms with E-state index in [0.29, 0.717) is 6.42 Å². The van der Waals surface area contributed by atoms with E-state index in [1.54, 1.807) is 0 Å². The molecule has 1 aliphatic heterocycles. The van der Waals surface area contributed by atoms with E-state index in [4.69, 9.17) is 10.00 Å². The Morgan fingerprint density at radius 2 is 2.24 bits per heavy atom. The van der Waals surface area contributed by atoms with Crippen LogP contribution in [0.1, 0.15) is 30.7 Å². The molecule has 0 radical (unpaired) electrons. The minimum atomic E-state index is -0.652. The van der Waals surface area contributed by atoms with Crippen molar-refractivity contribution in [1.82, 2.24) is 0 Å². The predicted molar refractivity (Wildman–Crippen MR) is 63.4 cm³/mol. The highest BCUT2D eigenvalue weighted by atomic mass is 16.5. The van der Waals surface area contributed by atoms with E-state index >= 15 is 0 Å². The molecule has 1 aromatic carbocycles. The highest BCUT2D eigenvalue weighted by Gasteiger charge is 2.25. The number of ether oxygens (including phenoxy) is 1. The van der Waals surface area contributed by atoms with Crippen LogP contribution in [0.3, 0.4) is 0 Å². The van der Waals surface area contributed by atoms with Crippen molar-refractivity contribution < 1.29 is 9.53 Å². The summed E-state index contributed by atoms with van der Waals surface area (Å²) in [6.07, 6.45) is 2.31. The van der Waals surface area contributed by atoms with Crippen LogP contribution in [0.2, 0.25) is 0 Å². The lowest BCUT2D eigenvalue weighted by atomic mass is 9.92. The number of nitriles is 1. The van der Waals surface area contributed by atoms with E-state index < -0.39 is 5.92 Å². The second-order valence-electron chi connectivity index (χ2n) is 4.28. The summed E-state index contributed by atoms with van der Waals surface area (Å²) in [5.41, 5.74) is 0.776. The number of rotatable bonds is 4. The molecule has 0 saturated carbocycles. The number of nitrogens with zero attached hydrogens (tertiary/aromatic N) is 1. The van der Waals surface area contributed by atoms with E-state index in [-0.39, 0.29) is 11.9 Å². The molecule has 3 heteroatoms. The van der Waals surface area contributed by atoms with E-state index in [2.05, 4.69) is 6.07 Å². The summed E-state index contributed by atoms with van der Waals surface area (Å²) >= 11 is 0. The highest BCUT2D eigenvalue weighted by molar-refractivity contribution is 5.88. The van der Waals surface area contributed by atoms with Crippen LogP contribution in [-0.4, -0.2) is 18.5 Å². The van der Waals surface area contributed by atoms with Crippen molar-refractivity contribution in [3.63, 3.8) is 0 Å². The number of Topliss-reactive ketones (excluding diaryl/α,β-unsaturated/α-hetero) is 1. The fourth-order valence-electron chi connectivity index (χ4n) is 2.13. The molecule has 2 atom stereocenters. The van der Waals surface area contributed by atoms with Gasteiger partial charge in [0.2, 0.25) is 0 Å². The van der Waals surface area contributed by atoms with Crippen LogP contribution >= 0.6 is 0 Å². The van der Waals surface area contributed by atoms with Gasteiger partial charge in [-0.25, -0.2) is 0 Å². The van der Waals surface area contributed by atoms with Crippen molar-refractivity contribution in [2.45, 2.75) is 31.3 Å². The molecular formula is C14H15NO2. The Bertz CT molecular complexity index is 416. The van der Waals surface area contributed by atoms with Gasteiger partial charge in [0.15, 0.2) is 5.78 Å². The molecule has 2 unspecified atom stereocenters. The van der Waals surface area contributed by atoms with Gasteiger partial charge in [0.05, 0.1) is 12.2 Å². The van der Waals surface area contributed by atoms with Gasteiger partial charge in [-0.2, -0.15) is 5.26 Å². The molecule has 88 valence electrons. The second-order valence-corrected chi connectivity index (χ2v) is 4.28. The molecule has 0 bridgehead atoms. The maximum Gasteiger partial charge on any atom is 0.157 e. The van der Waals surface area contributed by atoms with Crippen molar-refractivity contribution in [2.24, 2.45) is 0 Å². The Morgan fingerprint density at radius 3 is 2.82 bits per heavy atom. The fraction of sp³-hybridized carbons (Fsp3) is 0.429. The molecule has 17 heavy (non-hydrogen) atoms. The summed E-state index contributed by atoms with van der Waals surface area (Å²) < 4.78 is 5.42. The average molecular weight is 229 g/mol. The lowest BCUT2D eigenvalue weighted by Gasteiger charge is -2.12. The quantitative estimate of drug-likeness (QED) is 0.796. The maximum absolute atomic E-state index is 12.0. The van der Waals surface area contributed by atoms with Gasteiger partial charge in [-0.3, -0.25) is 4.79 Å². The monoisotopic (exact) mass is 229 g/mol. The van der Waals surface area contributed by atoms with E-state index in [1.165, 1.54) is 0 Å². The molecule has 0 aromatic heterocycles. The Balaban J connectivity index is 2.03. The van der Waals surface area contributed by atoms with Crippen LogP contribution in [0.25, 0.3) is 0 Å². The van der Waals surface area contributed by atoms with Crippen LogP contribution in [0.15, 0.2) is 30.3 Å². The first-order chi connectivity index (χ1) is 8.31. The van der Waals surface area contributed by atoms with Gasteiger partial charge >= 0.3 is 0 Å². The third kappa shape index (κ3) is 2.92. The summed E-state index contributed by atoms with van der Waals surface area (Å²) in [5.74, 6) is -0.689. The Kier molecular flexibility index (Phi) is 3.89. The topological polar surface area (TPSA) is 50.1 Å². The van der Waals surface area contributed by atoms with E-state index in [9.17, 15) is 4.79 Å². The molecule has 0 spiro atoms. The lowest BCUT2D eigenvalue weighted by molar-refractivity contribution is -0.121. The predicted octanol–water partition coefficient (Wildman–Crippen LogP) is 2.43. The van der Waals surface area contributed by atoms with Crippen LogP contribution in [-0.2, 0) is 9.53 Å². The van der Waals surface area contributed by atoms with Gasteiger partial charge in [0, 0.05) is 13.0 Å². The van der Waals surface area contributed by atoms with Gasteiger partial charge in [-0.1, -0.05) is 30.3 Å². The van der Waals surface area contributed by atoms with Crippen LogP contribution in [0.5, 0.6) is 0 Å². The number of ketones is 1. The number of hydrogen-bond donors (Lipinski definition) is 0. The highest BCUT2D eigenvalue weighted by Crippen LogP contribution is 2.22. The summed E-state index contributed by atoms with van der Waals surface area (Å²) in [6.45, 7) is 0.737. The van der Waals surface area contributed by atoms with Crippen molar-refractivity contribution in [3.05, 3.63) is 35.9 Å². The zero-order valence-electron chi connectivity index (χ0n) is 9.63. The third-order valence-corrected chi connectivity index (χ3v) is 3.04. The number of benzene rings is 1. The van der Waals surface area contributed by atoms with Crippen LogP contribution in [0.4, 0.5) is 0 Å². The second kappa shape index (κ2) is 5.60. The zero-order chi connectivity index (χ0) is 12.1. The van der Waals surface area contributed by atoms with Gasteiger partial charge in [0.1, 0.15) is 5.92 Å². The van der Waals surface area contributed by atoms with E-state index in [1.807, 2.05) is 30.3 Å². The van der Waals surface area contributed by atoms with Crippen LogP contribution < -0.4 is 0 Å². The Labute approximate surface area is 101 Å². The number of carbonyl (C=O) groups is 1. The van der Waals surface area contributed by atoms with Gasteiger partial charge in [-0.15, -0.1) is 0 Å². The van der Waals surface area contributed by atoms with Crippen molar-refractivity contribution >= 4 is 5.78 Å². The molecule has 1 aliphatic rings. The van der Waals surface area contributed by atoms with Gasteiger partial charge in [0.25, 0.3) is 0 Å². The molecule has 3 nitrogen and oxygen atoms in total. The molecule has 0 aliphatic carbocycles. The zero-order valence-corrected chi connectivity index (χ0v) is 9.63. The molecule has 1 aromatic rings. The summed E-state index contributed by atoms with van der Waals surface area (Å²) in [7, 11) is 0. The minimum absolute atomic E-state index is 0.0158. The molecule has 1 fully saturated rings. The molecular weight excluding hydrogens is 214 g/mol. The summed E-state index contributed by atoms with van der Waals surface area (Å²) in [6, 6.07) is 11.3. The molecule has 1 saturated heterocycles. The maximum atomic E-state index is 12.0. The minimum Gasteiger partial charge on any atom is -0.378 e. The fourth-order valence-corrected chi connectivity index (χ4v) is 2.13. The smallest absolute Gasteiger partial charge is 0.157 e. The number of carbonyl (C=O) groups excluding carboxylic acids is 1. The number of hydrogen-bond acceptors (Lipinski definition) is 3. The lowest BCUT2D eigenvalue weighted by Crippen LogP contribution is -2.18. The molecule has 0 amide bonds. The van der Waals surface area contributed by atoms with E-state index in [0.717, 1.165) is 25.0 Å². The summed E-state index contributed by atoms with van der Waals surface area (Å²) in [4.78, 5) is 12.0. The first-order valence-corrected chi connectivity index (χ1v) is 5.90. The summed E-state index contributed by atoms with van der Waals surface area (Å²) in [5, 5.41) is 9.11. The van der Waals surface area contributed by atoms with Gasteiger partial charge < -0.3 is 4.74 Å². The molecule has 2 rings (SSSR count).